The first-order valence-corrected chi connectivity index (χ1v) is 7.54. The summed E-state index contributed by atoms with van der Waals surface area (Å²) in [6, 6.07) is 11.6. The molecular weight excluding hydrogens is 312 g/mol. The lowest BCUT2D eigenvalue weighted by Gasteiger charge is -2.12. The van der Waals surface area contributed by atoms with Gasteiger partial charge in [-0.25, -0.2) is 0 Å². The number of anilines is 1. The van der Waals surface area contributed by atoms with E-state index in [0.29, 0.717) is 23.6 Å². The molecule has 2 aromatic carbocycles. The predicted octanol–water partition coefficient (Wildman–Crippen LogP) is 3.67. The van der Waals surface area contributed by atoms with E-state index in [1.54, 1.807) is 0 Å². The molecule has 0 unspecified atom stereocenters. The van der Waals surface area contributed by atoms with Crippen LogP contribution in [0.3, 0.4) is 0 Å². The van der Waals surface area contributed by atoms with Crippen LogP contribution in [0.25, 0.3) is 0 Å². The van der Waals surface area contributed by atoms with E-state index in [4.69, 9.17) is 4.74 Å². The number of hydrogen-bond acceptors (Lipinski definition) is 3. The van der Waals surface area contributed by atoms with E-state index < -0.39 is 0 Å². The summed E-state index contributed by atoms with van der Waals surface area (Å²) < 4.78 is 5.60. The number of fused-ring (bicyclic) bond motifs is 1. The minimum atomic E-state index is -0.112. The molecule has 0 radical (unpaired) electrons. The van der Waals surface area contributed by atoms with Crippen molar-refractivity contribution in [3.8, 4) is 5.75 Å². The summed E-state index contributed by atoms with van der Waals surface area (Å²) in [5.41, 5.74) is 4.94. The van der Waals surface area contributed by atoms with E-state index in [0.717, 1.165) is 18.7 Å². The van der Waals surface area contributed by atoms with Crippen LogP contribution in [0.4, 0.5) is 5.69 Å². The standard InChI is InChI=1S/C18H20N2O2.ClH/c1-3-22-17-8-12(2)4-7-16(17)20-18(21)13-5-6-14-10-19-11-15(14)9-13;/h4-9,19H,3,10-11H2,1-2H3,(H,20,21);1H. The third kappa shape index (κ3) is 3.84. The van der Waals surface area contributed by atoms with E-state index in [2.05, 4.69) is 10.6 Å². The Morgan fingerprint density at radius 3 is 2.74 bits per heavy atom. The van der Waals surface area contributed by atoms with Crippen LogP contribution in [0, 0.1) is 6.92 Å². The van der Waals surface area contributed by atoms with Crippen LogP contribution in [-0.2, 0) is 13.1 Å². The Kier molecular flexibility index (Phi) is 5.64. The van der Waals surface area contributed by atoms with Crippen LogP contribution >= 0.6 is 12.4 Å². The minimum absolute atomic E-state index is 0. The maximum absolute atomic E-state index is 12.5. The number of benzene rings is 2. The van der Waals surface area contributed by atoms with E-state index >= 15 is 0 Å². The maximum atomic E-state index is 12.5. The van der Waals surface area contributed by atoms with Crippen LogP contribution in [0.2, 0.25) is 0 Å². The molecule has 0 aromatic heterocycles. The van der Waals surface area contributed by atoms with Crippen LogP contribution in [-0.4, -0.2) is 12.5 Å². The number of nitrogens with one attached hydrogen (secondary N) is 2. The molecule has 0 saturated carbocycles. The molecule has 1 heterocycles. The normalized spacial score (nSPS) is 12.3. The van der Waals surface area contributed by atoms with Crippen molar-refractivity contribution in [2.75, 3.05) is 11.9 Å². The van der Waals surface area contributed by atoms with Crippen molar-refractivity contribution in [2.24, 2.45) is 0 Å². The summed E-state index contributed by atoms with van der Waals surface area (Å²) in [7, 11) is 0. The van der Waals surface area contributed by atoms with Crippen molar-refractivity contribution < 1.29 is 9.53 Å². The van der Waals surface area contributed by atoms with Gasteiger partial charge in [0.1, 0.15) is 5.75 Å². The topological polar surface area (TPSA) is 50.4 Å². The molecule has 0 atom stereocenters. The third-order valence-corrected chi connectivity index (χ3v) is 3.78. The maximum Gasteiger partial charge on any atom is 0.255 e. The van der Waals surface area contributed by atoms with Crippen molar-refractivity contribution in [3.63, 3.8) is 0 Å². The molecule has 1 aliphatic rings. The molecule has 0 spiro atoms. The van der Waals surface area contributed by atoms with Crippen LogP contribution < -0.4 is 15.4 Å². The second kappa shape index (κ2) is 7.49. The summed E-state index contributed by atoms with van der Waals surface area (Å²) in [5, 5.41) is 6.23. The summed E-state index contributed by atoms with van der Waals surface area (Å²) >= 11 is 0. The fourth-order valence-corrected chi connectivity index (χ4v) is 2.64. The van der Waals surface area contributed by atoms with Gasteiger partial charge in [0.15, 0.2) is 0 Å². The van der Waals surface area contributed by atoms with Gasteiger partial charge in [-0.15, -0.1) is 12.4 Å². The van der Waals surface area contributed by atoms with Gasteiger partial charge in [0.2, 0.25) is 0 Å². The first-order chi connectivity index (χ1) is 10.7. The number of aryl methyl sites for hydroxylation is 1. The molecule has 5 heteroatoms. The highest BCUT2D eigenvalue weighted by Gasteiger charge is 2.15. The molecule has 0 fully saturated rings. The Hall–Kier alpha value is -2.04. The molecule has 3 rings (SSSR count). The summed E-state index contributed by atoms with van der Waals surface area (Å²) in [4.78, 5) is 12.5. The second-order valence-corrected chi connectivity index (χ2v) is 5.47. The SMILES string of the molecule is CCOc1cc(C)ccc1NC(=O)c1ccc2c(c1)CNC2.Cl. The highest BCUT2D eigenvalue weighted by atomic mass is 35.5. The Morgan fingerprint density at radius 2 is 1.96 bits per heavy atom. The number of hydrogen-bond donors (Lipinski definition) is 2. The first kappa shape index (κ1) is 17.3. The van der Waals surface area contributed by atoms with Gasteiger partial charge in [0, 0.05) is 18.7 Å². The average Bonchev–Trinajstić information content (AvgIpc) is 2.97. The summed E-state index contributed by atoms with van der Waals surface area (Å²) in [5.74, 6) is 0.596. The largest absolute Gasteiger partial charge is 0.492 e. The zero-order valence-electron chi connectivity index (χ0n) is 13.3. The first-order valence-electron chi connectivity index (χ1n) is 7.54. The van der Waals surface area contributed by atoms with Crippen LogP contribution in [0.1, 0.15) is 34.0 Å². The van der Waals surface area contributed by atoms with E-state index in [1.165, 1.54) is 11.1 Å². The molecule has 2 aromatic rings. The van der Waals surface area contributed by atoms with Crippen molar-refractivity contribution >= 4 is 24.0 Å². The smallest absolute Gasteiger partial charge is 0.255 e. The van der Waals surface area contributed by atoms with Gasteiger partial charge in [-0.05, 0) is 54.8 Å². The van der Waals surface area contributed by atoms with Crippen LogP contribution in [0.15, 0.2) is 36.4 Å². The lowest BCUT2D eigenvalue weighted by atomic mass is 10.1. The summed E-state index contributed by atoms with van der Waals surface area (Å²) in [6.07, 6.45) is 0. The molecule has 0 saturated heterocycles. The number of carbonyl (C=O) groups is 1. The highest BCUT2D eigenvalue weighted by Crippen LogP contribution is 2.26. The van der Waals surface area contributed by atoms with E-state index in [1.807, 2.05) is 50.2 Å². The molecule has 1 aliphatic heterocycles. The fraction of sp³-hybridized carbons (Fsp3) is 0.278. The van der Waals surface area contributed by atoms with E-state index in [9.17, 15) is 4.79 Å². The highest BCUT2D eigenvalue weighted by molar-refractivity contribution is 6.05. The van der Waals surface area contributed by atoms with E-state index in [-0.39, 0.29) is 18.3 Å². The lowest BCUT2D eigenvalue weighted by molar-refractivity contribution is 0.102. The van der Waals surface area contributed by atoms with Gasteiger partial charge in [-0.1, -0.05) is 12.1 Å². The van der Waals surface area contributed by atoms with Gasteiger partial charge in [-0.2, -0.15) is 0 Å². The molecule has 1 amide bonds. The van der Waals surface area contributed by atoms with Crippen molar-refractivity contribution in [1.29, 1.82) is 0 Å². The zero-order valence-corrected chi connectivity index (χ0v) is 14.1. The fourth-order valence-electron chi connectivity index (χ4n) is 2.64. The molecule has 122 valence electrons. The molecule has 2 N–H and O–H groups in total. The van der Waals surface area contributed by atoms with Crippen molar-refractivity contribution in [2.45, 2.75) is 26.9 Å². The van der Waals surface area contributed by atoms with Gasteiger partial charge in [-0.3, -0.25) is 4.79 Å². The molecular formula is C18H21ClN2O2. The van der Waals surface area contributed by atoms with Crippen molar-refractivity contribution in [1.82, 2.24) is 5.32 Å². The Bertz CT molecular complexity index is 716. The van der Waals surface area contributed by atoms with Gasteiger partial charge < -0.3 is 15.4 Å². The zero-order chi connectivity index (χ0) is 15.5. The Balaban J connectivity index is 0.00000192. The van der Waals surface area contributed by atoms with Gasteiger partial charge >= 0.3 is 0 Å². The Labute approximate surface area is 142 Å². The molecule has 0 aliphatic carbocycles. The molecule has 23 heavy (non-hydrogen) atoms. The number of amides is 1. The number of carbonyl (C=O) groups excluding carboxylic acids is 1. The lowest BCUT2D eigenvalue weighted by Crippen LogP contribution is -2.13. The molecule has 4 nitrogen and oxygen atoms in total. The number of ether oxygens (including phenoxy) is 1. The monoisotopic (exact) mass is 332 g/mol. The minimum Gasteiger partial charge on any atom is -0.492 e. The average molecular weight is 333 g/mol. The Morgan fingerprint density at radius 1 is 1.17 bits per heavy atom. The van der Waals surface area contributed by atoms with Crippen LogP contribution in [0.5, 0.6) is 5.75 Å². The quantitative estimate of drug-likeness (QED) is 0.898. The third-order valence-electron chi connectivity index (χ3n) is 3.78. The van der Waals surface area contributed by atoms with Gasteiger partial charge in [0.05, 0.1) is 12.3 Å². The number of halogens is 1. The number of rotatable bonds is 4. The summed E-state index contributed by atoms with van der Waals surface area (Å²) in [6.45, 7) is 6.20. The van der Waals surface area contributed by atoms with Gasteiger partial charge in [0.25, 0.3) is 5.91 Å². The second-order valence-electron chi connectivity index (χ2n) is 5.47. The van der Waals surface area contributed by atoms with Crippen molar-refractivity contribution in [3.05, 3.63) is 58.7 Å². The molecule has 0 bridgehead atoms. The predicted molar refractivity (Wildman–Crippen MR) is 94.5 cm³/mol.